The lowest BCUT2D eigenvalue weighted by atomic mass is 10.1. The zero-order valence-electron chi connectivity index (χ0n) is 15.3. The predicted molar refractivity (Wildman–Crippen MR) is 110 cm³/mol. The molecule has 4 rings (SSSR count). The Balaban J connectivity index is 1.72. The largest absolute Gasteiger partial charge is 0.312 e. The Morgan fingerprint density at radius 2 is 1.96 bits per heavy atom. The molecule has 142 valence electrons. The summed E-state index contributed by atoms with van der Waals surface area (Å²) >= 11 is 3.41. The Morgan fingerprint density at radius 1 is 1.22 bits per heavy atom. The van der Waals surface area contributed by atoms with Gasteiger partial charge in [0, 0.05) is 22.6 Å². The first-order valence-corrected chi connectivity index (χ1v) is 11.3. The Labute approximate surface area is 167 Å². The van der Waals surface area contributed by atoms with Crippen molar-refractivity contribution >= 4 is 43.2 Å². The van der Waals surface area contributed by atoms with Gasteiger partial charge in [0.25, 0.3) is 10.0 Å². The summed E-state index contributed by atoms with van der Waals surface area (Å²) in [5, 5.41) is 0. The molecule has 0 atom stereocenters. The van der Waals surface area contributed by atoms with Crippen molar-refractivity contribution in [3.63, 3.8) is 0 Å². The highest BCUT2D eigenvalue weighted by Crippen LogP contribution is 2.40. The van der Waals surface area contributed by atoms with Crippen molar-refractivity contribution in [3.05, 3.63) is 51.5 Å². The van der Waals surface area contributed by atoms with Gasteiger partial charge in [0.1, 0.15) is 4.90 Å². The standard InChI is InChI=1S/C20H21BrN2O3S/c1-12-4-3-5-17(13(12)2)22-27(25,26)19-11-18-15(10-16(19)21)8-9-23(18)20(24)14-6-7-14/h3-5,10-11,14,22H,6-9H2,1-2H3. The third-order valence-corrected chi connectivity index (χ3v) is 7.68. The molecule has 2 aromatic rings. The van der Waals surface area contributed by atoms with E-state index in [-0.39, 0.29) is 16.7 Å². The number of anilines is 2. The molecule has 0 unspecified atom stereocenters. The summed E-state index contributed by atoms with van der Waals surface area (Å²) in [5.74, 6) is 0.217. The predicted octanol–water partition coefficient (Wildman–Crippen LogP) is 4.17. The summed E-state index contributed by atoms with van der Waals surface area (Å²) in [6.07, 6.45) is 2.61. The lowest BCUT2D eigenvalue weighted by molar-refractivity contribution is -0.119. The summed E-state index contributed by atoms with van der Waals surface area (Å²) in [6, 6.07) is 8.98. The number of sulfonamides is 1. The molecule has 0 saturated heterocycles. The van der Waals surface area contributed by atoms with Gasteiger partial charge in [-0.25, -0.2) is 8.42 Å². The first-order valence-electron chi connectivity index (χ1n) is 9.01. The van der Waals surface area contributed by atoms with Gasteiger partial charge >= 0.3 is 0 Å². The van der Waals surface area contributed by atoms with Crippen LogP contribution in [0, 0.1) is 19.8 Å². The van der Waals surface area contributed by atoms with Gasteiger partial charge in [-0.1, -0.05) is 12.1 Å². The Morgan fingerprint density at radius 3 is 2.67 bits per heavy atom. The number of nitrogens with one attached hydrogen (secondary N) is 1. The molecule has 2 aliphatic rings. The SMILES string of the molecule is Cc1cccc(NS(=O)(=O)c2cc3c(cc2Br)CCN3C(=O)C2CC2)c1C. The highest BCUT2D eigenvalue weighted by molar-refractivity contribution is 9.10. The number of hydrogen-bond acceptors (Lipinski definition) is 3. The second kappa shape index (κ2) is 6.63. The number of aryl methyl sites for hydroxylation is 1. The van der Waals surface area contributed by atoms with Crippen LogP contribution in [0.2, 0.25) is 0 Å². The second-order valence-electron chi connectivity index (χ2n) is 7.28. The van der Waals surface area contributed by atoms with E-state index in [0.717, 1.165) is 41.6 Å². The van der Waals surface area contributed by atoms with Gasteiger partial charge in [0.15, 0.2) is 0 Å². The average molecular weight is 449 g/mol. The van der Waals surface area contributed by atoms with Crippen LogP contribution < -0.4 is 9.62 Å². The van der Waals surface area contributed by atoms with Crippen LogP contribution in [-0.4, -0.2) is 20.9 Å². The van der Waals surface area contributed by atoms with Gasteiger partial charge in [-0.15, -0.1) is 0 Å². The number of hydrogen-bond donors (Lipinski definition) is 1. The molecule has 1 aliphatic heterocycles. The minimum absolute atomic E-state index is 0.104. The second-order valence-corrected chi connectivity index (χ2v) is 9.78. The lowest BCUT2D eigenvalue weighted by Gasteiger charge is -2.19. The first kappa shape index (κ1) is 18.5. The van der Waals surface area contributed by atoms with E-state index in [1.165, 1.54) is 0 Å². The first-order chi connectivity index (χ1) is 12.8. The molecule has 2 aromatic carbocycles. The van der Waals surface area contributed by atoms with E-state index >= 15 is 0 Å². The summed E-state index contributed by atoms with van der Waals surface area (Å²) < 4.78 is 29.3. The van der Waals surface area contributed by atoms with Crippen LogP contribution in [0.4, 0.5) is 11.4 Å². The number of fused-ring (bicyclic) bond motifs is 1. The maximum Gasteiger partial charge on any atom is 0.263 e. The maximum atomic E-state index is 13.1. The van der Waals surface area contributed by atoms with Crippen LogP contribution in [0.15, 0.2) is 39.7 Å². The van der Waals surface area contributed by atoms with Crippen LogP contribution in [-0.2, 0) is 21.2 Å². The molecule has 0 radical (unpaired) electrons. The van der Waals surface area contributed by atoms with Crippen LogP contribution in [0.5, 0.6) is 0 Å². The zero-order chi connectivity index (χ0) is 19.3. The van der Waals surface area contributed by atoms with Crippen molar-refractivity contribution in [2.45, 2.75) is 38.0 Å². The fourth-order valence-electron chi connectivity index (χ4n) is 3.43. The minimum Gasteiger partial charge on any atom is -0.312 e. The molecule has 5 nitrogen and oxygen atoms in total. The fraction of sp³-hybridized carbons (Fsp3) is 0.350. The van der Waals surface area contributed by atoms with E-state index in [4.69, 9.17) is 0 Å². The Kier molecular flexibility index (Phi) is 4.55. The van der Waals surface area contributed by atoms with Gasteiger partial charge in [-0.05, 0) is 83.9 Å². The van der Waals surface area contributed by atoms with Crippen molar-refractivity contribution < 1.29 is 13.2 Å². The lowest BCUT2D eigenvalue weighted by Crippen LogP contribution is -2.30. The van der Waals surface area contributed by atoms with E-state index in [1.807, 2.05) is 32.0 Å². The number of nitrogens with zero attached hydrogens (tertiary/aromatic N) is 1. The van der Waals surface area contributed by atoms with Crippen molar-refractivity contribution in [3.8, 4) is 0 Å². The number of rotatable bonds is 4. The third kappa shape index (κ3) is 3.38. The summed E-state index contributed by atoms with van der Waals surface area (Å²) in [4.78, 5) is 14.4. The van der Waals surface area contributed by atoms with Crippen LogP contribution in [0.1, 0.15) is 29.5 Å². The summed E-state index contributed by atoms with van der Waals surface area (Å²) in [7, 11) is -3.79. The molecular weight excluding hydrogens is 428 g/mol. The maximum absolute atomic E-state index is 13.1. The van der Waals surface area contributed by atoms with Crippen molar-refractivity contribution in [2.24, 2.45) is 5.92 Å². The molecule has 1 fully saturated rings. The van der Waals surface area contributed by atoms with E-state index in [2.05, 4.69) is 20.7 Å². The monoisotopic (exact) mass is 448 g/mol. The van der Waals surface area contributed by atoms with Gasteiger partial charge in [0.2, 0.25) is 5.91 Å². The molecule has 0 spiro atoms. The molecule has 7 heteroatoms. The molecule has 0 bridgehead atoms. The molecule has 0 aromatic heterocycles. The topological polar surface area (TPSA) is 66.5 Å². The van der Waals surface area contributed by atoms with E-state index in [0.29, 0.717) is 16.7 Å². The number of halogens is 1. The van der Waals surface area contributed by atoms with E-state index < -0.39 is 10.0 Å². The third-order valence-electron chi connectivity index (χ3n) is 5.36. The Hall–Kier alpha value is -1.86. The molecule has 1 aliphatic carbocycles. The highest BCUT2D eigenvalue weighted by Gasteiger charge is 2.37. The summed E-state index contributed by atoms with van der Waals surface area (Å²) in [6.45, 7) is 4.45. The zero-order valence-corrected chi connectivity index (χ0v) is 17.7. The smallest absolute Gasteiger partial charge is 0.263 e. The highest BCUT2D eigenvalue weighted by atomic mass is 79.9. The quantitative estimate of drug-likeness (QED) is 0.762. The van der Waals surface area contributed by atoms with Crippen LogP contribution >= 0.6 is 15.9 Å². The Bertz CT molecular complexity index is 1050. The summed E-state index contributed by atoms with van der Waals surface area (Å²) in [5.41, 5.74) is 4.19. The number of benzene rings is 2. The van der Waals surface area contributed by atoms with E-state index in [9.17, 15) is 13.2 Å². The van der Waals surface area contributed by atoms with Gasteiger partial charge in [-0.2, -0.15) is 0 Å². The minimum atomic E-state index is -3.79. The number of amides is 1. The normalized spacial score (nSPS) is 16.3. The van der Waals surface area contributed by atoms with Gasteiger partial charge in [-0.3, -0.25) is 9.52 Å². The molecular formula is C20H21BrN2O3S. The van der Waals surface area contributed by atoms with E-state index in [1.54, 1.807) is 17.0 Å². The van der Waals surface area contributed by atoms with Crippen molar-refractivity contribution in [1.29, 1.82) is 0 Å². The number of carbonyl (C=O) groups is 1. The molecule has 1 saturated carbocycles. The fourth-order valence-corrected chi connectivity index (χ4v) is 5.67. The average Bonchev–Trinajstić information content (AvgIpc) is 3.38. The van der Waals surface area contributed by atoms with Crippen LogP contribution in [0.25, 0.3) is 0 Å². The molecule has 1 N–H and O–H groups in total. The molecule has 1 heterocycles. The van der Waals surface area contributed by atoms with Crippen molar-refractivity contribution in [2.75, 3.05) is 16.2 Å². The number of carbonyl (C=O) groups excluding carboxylic acids is 1. The molecule has 1 amide bonds. The van der Waals surface area contributed by atoms with Crippen LogP contribution in [0.3, 0.4) is 0 Å². The molecule has 27 heavy (non-hydrogen) atoms. The van der Waals surface area contributed by atoms with Gasteiger partial charge in [0.05, 0.1) is 5.69 Å². The van der Waals surface area contributed by atoms with Gasteiger partial charge < -0.3 is 4.90 Å². The van der Waals surface area contributed by atoms with Crippen molar-refractivity contribution in [1.82, 2.24) is 0 Å².